The number of hydrogen-bond acceptors (Lipinski definition) is 0. The summed E-state index contributed by atoms with van der Waals surface area (Å²) in [4.78, 5) is 0. The van der Waals surface area contributed by atoms with Crippen LogP contribution in [-0.4, -0.2) is 0 Å². The predicted octanol–water partition coefficient (Wildman–Crippen LogP) is 3.29. The van der Waals surface area contributed by atoms with Gasteiger partial charge in [-0.05, 0) is 0 Å². The monoisotopic (exact) mass is 321 g/mol. The molecule has 0 bridgehead atoms. The van der Waals surface area contributed by atoms with Gasteiger partial charge in [-0.25, -0.2) is 12.2 Å². The third kappa shape index (κ3) is 89.3. The molecule has 0 aromatic rings. The van der Waals surface area contributed by atoms with Crippen LogP contribution in [0, 0.1) is 28.4 Å². The van der Waals surface area contributed by atoms with Crippen molar-refractivity contribution in [2.75, 3.05) is 0 Å². The summed E-state index contributed by atoms with van der Waals surface area (Å²) >= 11 is 0. The van der Waals surface area contributed by atoms with Gasteiger partial charge in [-0.3, -0.25) is 6.58 Å². The molecule has 0 atom stereocenters. The first-order valence-corrected chi connectivity index (χ1v) is 2.28. The molecule has 0 fully saturated rings. The topological polar surface area (TPSA) is 0 Å². The Morgan fingerprint density at radius 3 is 1.50 bits per heavy atom. The molecular formula is C9H18Pt. The molecule has 0 aliphatic rings. The summed E-state index contributed by atoms with van der Waals surface area (Å²) in [7, 11) is 0. The zero-order valence-corrected chi connectivity index (χ0v) is 9.60. The van der Waals surface area contributed by atoms with E-state index in [0.717, 1.165) is 0 Å². The van der Waals surface area contributed by atoms with Crippen LogP contribution in [0.1, 0.15) is 13.8 Å². The van der Waals surface area contributed by atoms with E-state index in [0.29, 0.717) is 0 Å². The van der Waals surface area contributed by atoms with E-state index in [9.17, 15) is 0 Å². The fourth-order valence-corrected chi connectivity index (χ4v) is 0.111. The van der Waals surface area contributed by atoms with Crippen molar-refractivity contribution in [2.24, 2.45) is 0 Å². The standard InChI is InChI=1S/C5H7.C2H5.2CH3.Pt/c1-3-5-4-2;1-2;;;/h1,3-5H,2H3;1H2,2H3;2*1H3;/q4*-1;+4. The minimum atomic E-state index is 0. The van der Waals surface area contributed by atoms with Crippen molar-refractivity contribution < 1.29 is 21.1 Å². The fourth-order valence-electron chi connectivity index (χ4n) is 0.111. The second-order valence-corrected chi connectivity index (χ2v) is 0.718. The summed E-state index contributed by atoms with van der Waals surface area (Å²) in [5.74, 6) is 0. The maximum absolute atomic E-state index is 4.93. The van der Waals surface area contributed by atoms with Gasteiger partial charge >= 0.3 is 21.1 Å². The molecule has 0 unspecified atom stereocenters. The van der Waals surface area contributed by atoms with Gasteiger partial charge in [-0.15, -0.1) is 0 Å². The Balaban J connectivity index is -0.0000000154. The molecule has 0 rings (SSSR count). The molecule has 0 aliphatic heterocycles. The van der Waals surface area contributed by atoms with E-state index >= 15 is 0 Å². The number of allylic oxidation sites excluding steroid dienone is 3. The van der Waals surface area contributed by atoms with Crippen molar-refractivity contribution in [3.63, 3.8) is 0 Å². The van der Waals surface area contributed by atoms with Gasteiger partial charge in [0, 0.05) is 0 Å². The Morgan fingerprint density at radius 2 is 1.50 bits per heavy atom. The van der Waals surface area contributed by atoms with Gasteiger partial charge in [0.15, 0.2) is 0 Å². The Labute approximate surface area is 81.7 Å². The third-order valence-electron chi connectivity index (χ3n) is 0.304. The van der Waals surface area contributed by atoms with Crippen molar-refractivity contribution in [2.45, 2.75) is 13.8 Å². The normalized spacial score (nSPS) is 5.10. The first kappa shape index (κ1) is 32.0. The zero-order valence-electron chi connectivity index (χ0n) is 7.33. The first-order chi connectivity index (χ1) is 3.41. The van der Waals surface area contributed by atoms with Crippen LogP contribution < -0.4 is 0 Å². The van der Waals surface area contributed by atoms with Gasteiger partial charge in [0.2, 0.25) is 0 Å². The first-order valence-electron chi connectivity index (χ1n) is 2.28. The van der Waals surface area contributed by atoms with E-state index in [4.69, 9.17) is 6.58 Å². The molecule has 0 spiro atoms. The van der Waals surface area contributed by atoms with Crippen LogP contribution >= 0.6 is 0 Å². The van der Waals surface area contributed by atoms with E-state index in [1.807, 2.05) is 13.0 Å². The van der Waals surface area contributed by atoms with Crippen molar-refractivity contribution in [3.8, 4) is 0 Å². The maximum atomic E-state index is 4.93. The quantitative estimate of drug-likeness (QED) is 0.513. The average Bonchev–Trinajstić information content (AvgIpc) is 1.75. The van der Waals surface area contributed by atoms with E-state index in [1.165, 1.54) is 6.08 Å². The van der Waals surface area contributed by atoms with E-state index in [-0.39, 0.29) is 35.9 Å². The van der Waals surface area contributed by atoms with Gasteiger partial charge in [0.05, 0.1) is 0 Å². The SMILES string of the molecule is [CH-]=CC=CC.[CH2-]C.[CH3-].[CH3-].[Pt+4]. The second kappa shape index (κ2) is 60.9. The number of rotatable bonds is 1. The third-order valence-corrected chi connectivity index (χ3v) is 0.304. The molecule has 0 aliphatic carbocycles. The van der Waals surface area contributed by atoms with Crippen LogP contribution in [-0.2, 0) is 21.1 Å². The minimum absolute atomic E-state index is 0. The summed E-state index contributed by atoms with van der Waals surface area (Å²) in [5, 5.41) is 0. The average molecular weight is 321 g/mol. The Morgan fingerprint density at radius 1 is 1.20 bits per heavy atom. The summed E-state index contributed by atoms with van der Waals surface area (Å²) < 4.78 is 0. The van der Waals surface area contributed by atoms with E-state index in [1.54, 1.807) is 13.0 Å². The van der Waals surface area contributed by atoms with Crippen LogP contribution in [0.3, 0.4) is 0 Å². The molecule has 0 N–H and O–H groups in total. The minimum Gasteiger partial charge on any atom is -0.358 e. The molecule has 0 heterocycles. The Hall–Kier alpha value is 0.168. The summed E-state index contributed by atoms with van der Waals surface area (Å²) in [6.07, 6.45) is 5.15. The van der Waals surface area contributed by atoms with Crippen LogP contribution in [0.25, 0.3) is 0 Å². The van der Waals surface area contributed by atoms with Crippen molar-refractivity contribution in [1.29, 1.82) is 0 Å². The van der Waals surface area contributed by atoms with E-state index in [2.05, 4.69) is 6.92 Å². The van der Waals surface area contributed by atoms with Gasteiger partial charge in [0.1, 0.15) is 0 Å². The second-order valence-electron chi connectivity index (χ2n) is 0.718. The summed E-state index contributed by atoms with van der Waals surface area (Å²) in [6, 6.07) is 0. The van der Waals surface area contributed by atoms with Crippen LogP contribution in [0.15, 0.2) is 18.2 Å². The summed E-state index contributed by atoms with van der Waals surface area (Å²) in [5.41, 5.74) is 0. The smallest absolute Gasteiger partial charge is 0.358 e. The van der Waals surface area contributed by atoms with Gasteiger partial charge in [-0.2, -0.15) is 13.0 Å². The summed E-state index contributed by atoms with van der Waals surface area (Å²) in [6.45, 7) is 11.8. The predicted molar refractivity (Wildman–Crippen MR) is 47.5 cm³/mol. The molecule has 0 amide bonds. The van der Waals surface area contributed by atoms with Gasteiger partial charge < -0.3 is 21.8 Å². The number of hydrogen-bond donors (Lipinski definition) is 0. The van der Waals surface area contributed by atoms with Gasteiger partial charge in [-0.1, -0.05) is 6.92 Å². The largest absolute Gasteiger partial charge is 4.00 e. The zero-order chi connectivity index (χ0) is 6.12. The molecule has 64 valence electrons. The Bertz CT molecular complexity index is 46.7. The van der Waals surface area contributed by atoms with Crippen molar-refractivity contribution in [3.05, 3.63) is 46.6 Å². The molecule has 0 radical (unpaired) electrons. The molecule has 0 aromatic heterocycles. The molecule has 1 heteroatoms. The van der Waals surface area contributed by atoms with Crippen LogP contribution in [0.4, 0.5) is 0 Å². The Kier molecular flexibility index (Phi) is 195. The molecule has 0 saturated heterocycles. The molecular weight excluding hydrogens is 303 g/mol. The van der Waals surface area contributed by atoms with Crippen molar-refractivity contribution >= 4 is 0 Å². The van der Waals surface area contributed by atoms with Crippen molar-refractivity contribution in [1.82, 2.24) is 0 Å². The molecule has 0 saturated carbocycles. The fraction of sp³-hybridized carbons (Fsp3) is 0.222. The molecule has 0 nitrogen and oxygen atoms in total. The molecule has 10 heavy (non-hydrogen) atoms. The van der Waals surface area contributed by atoms with Crippen LogP contribution in [0.5, 0.6) is 0 Å². The van der Waals surface area contributed by atoms with E-state index < -0.39 is 0 Å². The van der Waals surface area contributed by atoms with Crippen LogP contribution in [0.2, 0.25) is 0 Å². The molecule has 0 aromatic carbocycles. The maximum Gasteiger partial charge on any atom is 4.00 e. The van der Waals surface area contributed by atoms with Gasteiger partial charge in [0.25, 0.3) is 0 Å².